The Labute approximate surface area is 123 Å². The van der Waals surface area contributed by atoms with E-state index >= 15 is 0 Å². The van der Waals surface area contributed by atoms with E-state index in [9.17, 15) is 24.7 Å². The molecular weight excluding hydrogens is 303 g/mol. The molecule has 0 spiro atoms. The molecule has 0 unspecified atom stereocenters. The van der Waals surface area contributed by atoms with Crippen LogP contribution in [0.5, 0.6) is 0 Å². The fraction of sp³-hybridized carbons (Fsp3) is 0.917. The molecule has 0 aromatic heterocycles. The number of aliphatic hydroxyl groups excluding tert-OH is 2. The molecule has 0 aliphatic heterocycles. The maximum atomic E-state index is 12.0. The number of rotatable bonds is 6. The Kier molecular flexibility index (Phi) is 6.34. The largest absolute Gasteiger partial charge is 0.467 e. The van der Waals surface area contributed by atoms with Crippen LogP contribution in [0.15, 0.2) is 0 Å². The van der Waals surface area contributed by atoms with Crippen LogP contribution >= 0.6 is 7.60 Å². The number of methoxy groups -OCH3 is 1. The van der Waals surface area contributed by atoms with Crippen molar-refractivity contribution in [1.82, 2.24) is 0 Å². The van der Waals surface area contributed by atoms with Crippen LogP contribution in [0.1, 0.15) is 19.3 Å². The van der Waals surface area contributed by atoms with Gasteiger partial charge in [-0.05, 0) is 18.8 Å². The van der Waals surface area contributed by atoms with Gasteiger partial charge in [0, 0.05) is 20.6 Å². The summed E-state index contributed by atoms with van der Waals surface area (Å²) in [7, 11) is 0.381. The fourth-order valence-corrected chi connectivity index (χ4v) is 3.79. The van der Waals surface area contributed by atoms with E-state index in [2.05, 4.69) is 4.74 Å². The molecule has 4 atom stereocenters. The summed E-state index contributed by atoms with van der Waals surface area (Å²) < 4.78 is 26.1. The molecule has 0 aromatic rings. The molecule has 21 heavy (non-hydrogen) atoms. The molecule has 0 aromatic carbocycles. The number of hydrogen-bond acceptors (Lipinski definition) is 8. The minimum atomic E-state index is -3.26. The quantitative estimate of drug-likeness (QED) is 0.457. The number of carbonyl (C=O) groups is 1. The summed E-state index contributed by atoms with van der Waals surface area (Å²) in [5, 5.41) is 30.1. The summed E-state index contributed by atoms with van der Waals surface area (Å²) in [6.07, 6.45) is -2.62. The van der Waals surface area contributed by atoms with E-state index in [0.717, 1.165) is 7.11 Å². The molecule has 124 valence electrons. The first kappa shape index (κ1) is 18.5. The van der Waals surface area contributed by atoms with Gasteiger partial charge in [0.1, 0.15) is 0 Å². The minimum Gasteiger partial charge on any atom is -0.467 e. The molecule has 0 heterocycles. The SMILES string of the molecule is COC(=O)[C@]1(O)C[C@@H](CCP(=O)(OC)OC)[C@@H](O)[C@H](O)C1. The van der Waals surface area contributed by atoms with Crippen LogP contribution in [0.3, 0.4) is 0 Å². The Hall–Kier alpha value is -0.500. The number of hydrogen-bond donors (Lipinski definition) is 3. The van der Waals surface area contributed by atoms with Gasteiger partial charge in [-0.2, -0.15) is 0 Å². The molecule has 0 amide bonds. The lowest BCUT2D eigenvalue weighted by atomic mass is 9.73. The number of ether oxygens (including phenoxy) is 1. The van der Waals surface area contributed by atoms with Crippen LogP contribution in [-0.2, 0) is 23.1 Å². The zero-order valence-corrected chi connectivity index (χ0v) is 13.3. The molecular formula is C12H23O8P. The predicted molar refractivity (Wildman–Crippen MR) is 72.8 cm³/mol. The lowest BCUT2D eigenvalue weighted by Gasteiger charge is -2.40. The van der Waals surface area contributed by atoms with Gasteiger partial charge < -0.3 is 29.1 Å². The van der Waals surface area contributed by atoms with E-state index in [1.807, 2.05) is 0 Å². The van der Waals surface area contributed by atoms with Crippen molar-refractivity contribution in [2.75, 3.05) is 27.5 Å². The highest BCUT2D eigenvalue weighted by atomic mass is 31.2. The summed E-state index contributed by atoms with van der Waals surface area (Å²) in [5.41, 5.74) is -1.86. The second kappa shape index (κ2) is 7.17. The highest BCUT2D eigenvalue weighted by Crippen LogP contribution is 2.49. The van der Waals surface area contributed by atoms with Crippen molar-refractivity contribution < 1.29 is 38.5 Å². The maximum absolute atomic E-state index is 12.0. The molecule has 1 fully saturated rings. The first-order chi connectivity index (χ1) is 9.71. The molecule has 3 N–H and O–H groups in total. The Morgan fingerprint density at radius 3 is 2.29 bits per heavy atom. The van der Waals surface area contributed by atoms with Gasteiger partial charge in [0.2, 0.25) is 0 Å². The van der Waals surface area contributed by atoms with Crippen molar-refractivity contribution in [2.45, 2.75) is 37.1 Å². The number of aliphatic hydroxyl groups is 3. The van der Waals surface area contributed by atoms with Gasteiger partial charge in [-0.25, -0.2) is 4.79 Å². The van der Waals surface area contributed by atoms with Gasteiger partial charge in [0.05, 0.1) is 25.5 Å². The lowest BCUT2D eigenvalue weighted by Crippen LogP contribution is -2.54. The third kappa shape index (κ3) is 4.25. The molecule has 8 nitrogen and oxygen atoms in total. The smallest absolute Gasteiger partial charge is 0.337 e. The van der Waals surface area contributed by atoms with Crippen LogP contribution in [-0.4, -0.2) is 66.6 Å². The third-order valence-corrected chi connectivity index (χ3v) is 5.84. The molecule has 1 rings (SSSR count). The second-order valence-corrected chi connectivity index (χ2v) is 7.64. The van der Waals surface area contributed by atoms with Crippen LogP contribution < -0.4 is 0 Å². The first-order valence-corrected chi connectivity index (χ1v) is 8.31. The Bertz CT molecular complexity index is 406. The Morgan fingerprint density at radius 2 is 1.81 bits per heavy atom. The van der Waals surface area contributed by atoms with E-state index in [1.165, 1.54) is 14.2 Å². The Morgan fingerprint density at radius 1 is 1.24 bits per heavy atom. The molecule has 0 bridgehead atoms. The maximum Gasteiger partial charge on any atom is 0.337 e. The molecule has 1 aliphatic rings. The third-order valence-electron chi connectivity index (χ3n) is 3.92. The van der Waals surface area contributed by atoms with Crippen molar-refractivity contribution in [3.8, 4) is 0 Å². The second-order valence-electron chi connectivity index (χ2n) is 5.24. The average Bonchev–Trinajstić information content (AvgIpc) is 2.48. The monoisotopic (exact) mass is 326 g/mol. The summed E-state index contributed by atoms with van der Waals surface area (Å²) in [5.74, 6) is -1.49. The summed E-state index contributed by atoms with van der Waals surface area (Å²) in [6.45, 7) is 0. The van der Waals surface area contributed by atoms with Crippen LogP contribution in [0.2, 0.25) is 0 Å². The van der Waals surface area contributed by atoms with E-state index in [4.69, 9.17) is 9.05 Å². The van der Waals surface area contributed by atoms with Gasteiger partial charge in [-0.15, -0.1) is 0 Å². The van der Waals surface area contributed by atoms with Crippen molar-refractivity contribution in [3.05, 3.63) is 0 Å². The summed E-state index contributed by atoms with van der Waals surface area (Å²) in [6, 6.07) is 0. The van der Waals surface area contributed by atoms with Gasteiger partial charge in [0.15, 0.2) is 5.60 Å². The van der Waals surface area contributed by atoms with E-state index in [1.54, 1.807) is 0 Å². The molecule has 9 heteroatoms. The molecule has 0 radical (unpaired) electrons. The first-order valence-electron chi connectivity index (χ1n) is 6.59. The van der Waals surface area contributed by atoms with Crippen molar-refractivity contribution >= 4 is 13.6 Å². The normalized spacial score (nSPS) is 33.7. The number of esters is 1. The summed E-state index contributed by atoms with van der Waals surface area (Å²) >= 11 is 0. The predicted octanol–water partition coefficient (Wildman–Crippen LogP) is -0.102. The van der Waals surface area contributed by atoms with Gasteiger partial charge in [-0.3, -0.25) is 4.57 Å². The number of carbonyl (C=O) groups excluding carboxylic acids is 1. The van der Waals surface area contributed by atoms with Gasteiger partial charge in [0.25, 0.3) is 0 Å². The van der Waals surface area contributed by atoms with Crippen LogP contribution in [0, 0.1) is 5.92 Å². The highest BCUT2D eigenvalue weighted by molar-refractivity contribution is 7.53. The molecule has 1 aliphatic carbocycles. The minimum absolute atomic E-state index is 0.00565. The molecule has 0 saturated heterocycles. The lowest BCUT2D eigenvalue weighted by molar-refractivity contribution is -0.182. The zero-order valence-electron chi connectivity index (χ0n) is 12.4. The Balaban J connectivity index is 2.80. The average molecular weight is 326 g/mol. The topological polar surface area (TPSA) is 123 Å². The van der Waals surface area contributed by atoms with Gasteiger partial charge >= 0.3 is 13.6 Å². The van der Waals surface area contributed by atoms with Gasteiger partial charge in [-0.1, -0.05) is 0 Å². The standard InChI is InChI=1S/C12H23O8P/c1-18-11(15)12(16)6-8(10(14)9(13)7-12)4-5-21(17,19-2)20-3/h8-10,13-14,16H,4-7H2,1-3H3/t8-,9-,10-,12+/m1/s1. The highest BCUT2D eigenvalue weighted by Gasteiger charge is 2.49. The molecule has 1 saturated carbocycles. The van der Waals surface area contributed by atoms with Crippen molar-refractivity contribution in [2.24, 2.45) is 5.92 Å². The van der Waals surface area contributed by atoms with Crippen LogP contribution in [0.25, 0.3) is 0 Å². The zero-order chi connectivity index (χ0) is 16.3. The van der Waals surface area contributed by atoms with E-state index in [0.29, 0.717) is 0 Å². The fourth-order valence-electron chi connectivity index (χ4n) is 2.63. The van der Waals surface area contributed by atoms with Crippen molar-refractivity contribution in [3.63, 3.8) is 0 Å². The van der Waals surface area contributed by atoms with Crippen LogP contribution in [0.4, 0.5) is 0 Å². The van der Waals surface area contributed by atoms with Crippen molar-refractivity contribution in [1.29, 1.82) is 0 Å². The van der Waals surface area contributed by atoms with E-state index < -0.39 is 37.3 Å². The summed E-state index contributed by atoms with van der Waals surface area (Å²) in [4.78, 5) is 11.6. The van der Waals surface area contributed by atoms with E-state index in [-0.39, 0.29) is 25.4 Å².